The number of hydrogen-bond donors (Lipinski definition) is 2. The maximum absolute atomic E-state index is 13.4. The molecule has 0 aliphatic rings. The van der Waals surface area contributed by atoms with Crippen LogP contribution in [0.1, 0.15) is 33.2 Å². The lowest BCUT2D eigenvalue weighted by Crippen LogP contribution is -2.27. The largest absolute Gasteiger partial charge is 0.444 e. The summed E-state index contributed by atoms with van der Waals surface area (Å²) in [6.45, 7) is -0.215. The van der Waals surface area contributed by atoms with E-state index in [1.165, 1.54) is 42.5 Å². The van der Waals surface area contributed by atoms with Gasteiger partial charge in [-0.25, -0.2) is 4.79 Å². The van der Waals surface area contributed by atoms with E-state index in [1.54, 1.807) is 18.2 Å². The molecule has 1 unspecified atom stereocenters. The number of carbonyl (C=O) groups excluding carboxylic acids is 2. The molecule has 2 N–H and O–H groups in total. The van der Waals surface area contributed by atoms with E-state index in [4.69, 9.17) is 21.4 Å². The molecule has 0 saturated heterocycles. The second-order valence-corrected chi connectivity index (χ2v) is 7.16. The number of benzene rings is 3. The molecule has 9 heteroatoms. The van der Waals surface area contributed by atoms with Gasteiger partial charge in [-0.15, -0.1) is 0 Å². The zero-order valence-corrected chi connectivity index (χ0v) is 17.2. The lowest BCUT2D eigenvalue weighted by molar-refractivity contribution is -0.137. The zero-order valence-electron chi connectivity index (χ0n) is 16.4. The van der Waals surface area contributed by atoms with Crippen LogP contribution in [0.4, 0.5) is 18.9 Å². The molecule has 3 aromatic carbocycles. The maximum Gasteiger partial charge on any atom is 0.418 e. The highest BCUT2D eigenvalue weighted by molar-refractivity contribution is 6.30. The smallest absolute Gasteiger partial charge is 0.418 e. The van der Waals surface area contributed by atoms with Crippen molar-refractivity contribution in [3.63, 3.8) is 0 Å². The van der Waals surface area contributed by atoms with Gasteiger partial charge in [0, 0.05) is 10.6 Å². The van der Waals surface area contributed by atoms with Gasteiger partial charge in [0.05, 0.1) is 23.4 Å². The number of rotatable bonds is 6. The number of aliphatic hydroxyl groups excluding tert-OH is 1. The molecule has 0 fully saturated rings. The molecule has 3 aromatic rings. The predicted octanol–water partition coefficient (Wildman–Crippen LogP) is 5.39. The van der Waals surface area contributed by atoms with Crippen LogP contribution in [0.15, 0.2) is 72.8 Å². The number of anilines is 1. The van der Waals surface area contributed by atoms with Crippen LogP contribution in [-0.2, 0) is 22.3 Å². The van der Waals surface area contributed by atoms with Gasteiger partial charge in [0.1, 0.15) is 0 Å². The van der Waals surface area contributed by atoms with Crippen molar-refractivity contribution in [1.82, 2.24) is 0 Å². The van der Waals surface area contributed by atoms with E-state index in [-0.39, 0.29) is 22.8 Å². The van der Waals surface area contributed by atoms with Crippen molar-refractivity contribution < 1.29 is 32.6 Å². The predicted molar refractivity (Wildman–Crippen MR) is 112 cm³/mol. The summed E-state index contributed by atoms with van der Waals surface area (Å²) in [5.74, 6) is -1.82. The number of esters is 1. The highest BCUT2D eigenvalue weighted by Gasteiger charge is 2.35. The first-order valence-electron chi connectivity index (χ1n) is 9.32. The van der Waals surface area contributed by atoms with Gasteiger partial charge in [0.25, 0.3) is 5.91 Å². The van der Waals surface area contributed by atoms with Crippen LogP contribution in [0, 0.1) is 0 Å². The topological polar surface area (TPSA) is 75.6 Å². The summed E-state index contributed by atoms with van der Waals surface area (Å²) >= 11 is 5.68. The first kappa shape index (κ1) is 23.3. The second kappa shape index (κ2) is 9.84. The minimum Gasteiger partial charge on any atom is -0.444 e. The summed E-state index contributed by atoms with van der Waals surface area (Å²) < 4.78 is 45.5. The Morgan fingerprint density at radius 2 is 1.66 bits per heavy atom. The highest BCUT2D eigenvalue weighted by atomic mass is 35.5. The number of ether oxygens (including phenoxy) is 1. The van der Waals surface area contributed by atoms with Crippen molar-refractivity contribution in [2.75, 3.05) is 5.32 Å². The Bertz CT molecular complexity index is 1100. The van der Waals surface area contributed by atoms with Crippen LogP contribution in [0.5, 0.6) is 0 Å². The number of alkyl halides is 3. The van der Waals surface area contributed by atoms with E-state index < -0.39 is 35.4 Å². The minimum atomic E-state index is -4.76. The van der Waals surface area contributed by atoms with E-state index in [9.17, 15) is 22.8 Å². The summed E-state index contributed by atoms with van der Waals surface area (Å²) in [4.78, 5) is 25.5. The van der Waals surface area contributed by atoms with Crippen molar-refractivity contribution in [3.05, 3.63) is 100 Å². The van der Waals surface area contributed by atoms with Crippen LogP contribution in [-0.4, -0.2) is 17.0 Å². The minimum absolute atomic E-state index is 0.110. The molecule has 0 saturated carbocycles. The third-order valence-corrected chi connectivity index (χ3v) is 4.72. The van der Waals surface area contributed by atoms with Gasteiger partial charge in [-0.3, -0.25) is 4.79 Å². The molecular weight excluding hydrogens is 447 g/mol. The number of carbonyl (C=O) groups is 2. The van der Waals surface area contributed by atoms with E-state index >= 15 is 0 Å². The lowest BCUT2D eigenvalue weighted by Gasteiger charge is -2.20. The van der Waals surface area contributed by atoms with E-state index in [0.717, 1.165) is 6.07 Å². The molecule has 1 amide bonds. The average molecular weight is 464 g/mol. The normalized spacial score (nSPS) is 12.2. The number of amides is 1. The average Bonchev–Trinajstić information content (AvgIpc) is 2.78. The fourth-order valence-electron chi connectivity index (χ4n) is 2.88. The van der Waals surface area contributed by atoms with Crippen molar-refractivity contribution in [2.45, 2.75) is 18.9 Å². The number of halogens is 4. The molecular formula is C23H17ClF3NO4. The third kappa shape index (κ3) is 5.66. The van der Waals surface area contributed by atoms with Gasteiger partial charge in [0.15, 0.2) is 0 Å². The Balaban J connectivity index is 1.90. The van der Waals surface area contributed by atoms with Crippen LogP contribution >= 0.6 is 11.6 Å². The number of nitrogens with one attached hydrogen (secondary N) is 1. The Kier molecular flexibility index (Phi) is 7.17. The standard InChI is InChI=1S/C23H17ClF3NO4/c24-17-10-11-19(18(12-17)23(25,26)27)28-21(30)20(15-4-2-1-3-5-15)32-22(31)16-8-6-14(13-29)7-9-16/h1-12,20,29H,13H2,(H,28,30). The molecule has 0 heterocycles. The van der Waals surface area contributed by atoms with Crippen molar-refractivity contribution >= 4 is 29.2 Å². The molecule has 3 rings (SSSR count). The van der Waals surface area contributed by atoms with E-state index in [0.29, 0.717) is 11.6 Å². The lowest BCUT2D eigenvalue weighted by atomic mass is 10.1. The van der Waals surface area contributed by atoms with Crippen molar-refractivity contribution in [2.24, 2.45) is 0 Å². The van der Waals surface area contributed by atoms with Gasteiger partial charge in [-0.05, 0) is 35.9 Å². The third-order valence-electron chi connectivity index (χ3n) is 4.48. The summed E-state index contributed by atoms with van der Waals surface area (Å²) in [6, 6.07) is 16.7. The molecule has 0 aromatic heterocycles. The van der Waals surface area contributed by atoms with Gasteiger partial charge in [0.2, 0.25) is 6.10 Å². The van der Waals surface area contributed by atoms with Crippen LogP contribution in [0.25, 0.3) is 0 Å². The van der Waals surface area contributed by atoms with Gasteiger partial charge in [-0.1, -0.05) is 54.1 Å². The molecule has 0 spiro atoms. The van der Waals surface area contributed by atoms with Crippen LogP contribution in [0.3, 0.4) is 0 Å². The molecule has 166 valence electrons. The number of aliphatic hydroxyl groups is 1. The summed E-state index contributed by atoms with van der Waals surface area (Å²) in [5.41, 5.74) is -0.695. The van der Waals surface area contributed by atoms with Gasteiger partial charge >= 0.3 is 12.1 Å². The quantitative estimate of drug-likeness (QED) is 0.481. The summed E-state index contributed by atoms with van der Waals surface area (Å²) in [6.07, 6.45) is -6.28. The summed E-state index contributed by atoms with van der Waals surface area (Å²) in [5, 5.41) is 11.2. The van der Waals surface area contributed by atoms with Gasteiger partial charge in [-0.2, -0.15) is 13.2 Å². The molecule has 0 radical (unpaired) electrons. The maximum atomic E-state index is 13.4. The second-order valence-electron chi connectivity index (χ2n) is 6.73. The first-order valence-corrected chi connectivity index (χ1v) is 9.70. The molecule has 0 aliphatic carbocycles. The Labute approximate surface area is 186 Å². The Morgan fingerprint density at radius 1 is 1.00 bits per heavy atom. The molecule has 5 nitrogen and oxygen atoms in total. The van der Waals surface area contributed by atoms with Crippen molar-refractivity contribution in [1.29, 1.82) is 0 Å². The molecule has 32 heavy (non-hydrogen) atoms. The Morgan fingerprint density at radius 3 is 2.25 bits per heavy atom. The molecule has 1 atom stereocenters. The number of hydrogen-bond acceptors (Lipinski definition) is 4. The zero-order chi connectivity index (χ0) is 23.3. The SMILES string of the molecule is O=C(OC(C(=O)Nc1ccc(Cl)cc1C(F)(F)F)c1ccccc1)c1ccc(CO)cc1. The first-order chi connectivity index (χ1) is 15.2. The Hall–Kier alpha value is -3.36. The fraction of sp³-hybridized carbons (Fsp3) is 0.130. The van der Waals surface area contributed by atoms with Gasteiger partial charge < -0.3 is 15.2 Å². The van der Waals surface area contributed by atoms with Crippen LogP contribution < -0.4 is 5.32 Å². The van der Waals surface area contributed by atoms with Crippen molar-refractivity contribution in [3.8, 4) is 0 Å². The van der Waals surface area contributed by atoms with E-state index in [2.05, 4.69) is 5.32 Å². The van der Waals surface area contributed by atoms with Crippen LogP contribution in [0.2, 0.25) is 5.02 Å². The molecule has 0 bridgehead atoms. The monoisotopic (exact) mass is 463 g/mol. The summed E-state index contributed by atoms with van der Waals surface area (Å²) in [7, 11) is 0. The fourth-order valence-corrected chi connectivity index (χ4v) is 3.05. The highest BCUT2D eigenvalue weighted by Crippen LogP contribution is 2.37. The van der Waals surface area contributed by atoms with E-state index in [1.807, 2.05) is 0 Å². The molecule has 0 aliphatic heterocycles.